The Labute approximate surface area is 219 Å². The molecule has 2 bridgehead atoms. The van der Waals surface area contributed by atoms with Gasteiger partial charge in [0.15, 0.2) is 0 Å². The number of rotatable bonds is 11. The van der Waals surface area contributed by atoms with Gasteiger partial charge in [0.1, 0.15) is 11.3 Å². The van der Waals surface area contributed by atoms with Crippen molar-refractivity contribution >= 4 is 29.0 Å². The molecule has 10 nitrogen and oxygen atoms in total. The fourth-order valence-corrected chi connectivity index (χ4v) is 7.21. The maximum Gasteiger partial charge on any atom is 0.482 e. The van der Waals surface area contributed by atoms with Crippen LogP contribution in [0.4, 0.5) is 0 Å². The third-order valence-electron chi connectivity index (χ3n) is 8.74. The molecule has 5 atom stereocenters. The molecule has 1 heterocycles. The van der Waals surface area contributed by atoms with E-state index in [4.69, 9.17) is 14.0 Å². The van der Waals surface area contributed by atoms with Crippen molar-refractivity contribution in [2.24, 2.45) is 17.3 Å². The summed E-state index contributed by atoms with van der Waals surface area (Å²) in [6.07, 6.45) is 2.26. The Balaban J connectivity index is 1.56. The number of hydrogen-bond acceptors (Lipinski definition) is 7. The van der Waals surface area contributed by atoms with Crippen LogP contribution in [0.15, 0.2) is 18.2 Å². The van der Waals surface area contributed by atoms with E-state index >= 15 is 0 Å². The van der Waals surface area contributed by atoms with E-state index in [9.17, 15) is 23.1 Å². The molecule has 5 rings (SSSR count). The molecule has 12 heteroatoms. The van der Waals surface area contributed by atoms with Crippen LogP contribution in [0.1, 0.15) is 62.4 Å². The molecular weight excluding hydrogens is 499 g/mol. The van der Waals surface area contributed by atoms with Crippen LogP contribution in [0.25, 0.3) is 0 Å². The summed E-state index contributed by atoms with van der Waals surface area (Å²) in [5.74, 6) is -1.12. The first-order valence-electron chi connectivity index (χ1n) is 12.8. The summed E-state index contributed by atoms with van der Waals surface area (Å²) in [4.78, 5) is 24.6. The van der Waals surface area contributed by atoms with Gasteiger partial charge in [-0.2, -0.15) is 0 Å². The second-order valence-electron chi connectivity index (χ2n) is 11.1. The van der Waals surface area contributed by atoms with Crippen LogP contribution in [0.2, 0.25) is 0 Å². The standard InChI is InChI=1S/C25H37BN2O8S/c1-24(2)16-13-18(24)25(3)19(14-16)35-26(36-25)20(28-21(29)10-7-11-37(32,33)27-4)12-15-8-6-9-17(23(30)31)22(15)34-5/h6,8-9,16,18-20,27H,7,10-14H2,1-5H3,(H,28,29)(H,30,31). The lowest BCUT2D eigenvalue weighted by molar-refractivity contribution is -0.199. The number of amides is 1. The van der Waals surface area contributed by atoms with Crippen LogP contribution in [-0.2, 0) is 30.5 Å². The molecule has 37 heavy (non-hydrogen) atoms. The number of nitrogens with one attached hydrogen (secondary N) is 2. The molecule has 4 aliphatic rings. The smallest absolute Gasteiger partial charge is 0.482 e. The number of hydrogen-bond donors (Lipinski definition) is 3. The van der Waals surface area contributed by atoms with E-state index in [1.165, 1.54) is 20.2 Å². The normalized spacial score (nSPS) is 28.7. The van der Waals surface area contributed by atoms with E-state index in [0.717, 1.165) is 12.8 Å². The second kappa shape index (κ2) is 10.2. The SMILES string of the molecule is CNS(=O)(=O)CCCC(=O)NC(Cc1cccc(C(=O)O)c1OC)B1OC2CC3CC(C3(C)C)C2(C)O1. The Bertz CT molecular complexity index is 1160. The number of carbonyl (C=O) groups is 2. The molecular formula is C25H37BN2O8S. The van der Waals surface area contributed by atoms with E-state index in [0.29, 0.717) is 17.4 Å². The minimum absolute atomic E-state index is 0.00879. The molecule has 0 spiro atoms. The first-order valence-corrected chi connectivity index (χ1v) is 14.4. The molecule has 1 amide bonds. The highest BCUT2D eigenvalue weighted by molar-refractivity contribution is 7.89. The maximum absolute atomic E-state index is 12.9. The van der Waals surface area contributed by atoms with Gasteiger partial charge in [0, 0.05) is 6.42 Å². The monoisotopic (exact) mass is 536 g/mol. The Morgan fingerprint density at radius 3 is 2.62 bits per heavy atom. The van der Waals surface area contributed by atoms with E-state index in [2.05, 4.69) is 30.8 Å². The highest BCUT2D eigenvalue weighted by Crippen LogP contribution is 2.65. The molecule has 1 aromatic carbocycles. The molecule has 0 aromatic heterocycles. The van der Waals surface area contributed by atoms with Gasteiger partial charge in [0.05, 0.1) is 30.5 Å². The van der Waals surface area contributed by atoms with Crippen LogP contribution in [0.5, 0.6) is 5.75 Å². The van der Waals surface area contributed by atoms with Crippen molar-refractivity contribution in [3.8, 4) is 5.75 Å². The van der Waals surface area contributed by atoms with Gasteiger partial charge in [0.25, 0.3) is 0 Å². The van der Waals surface area contributed by atoms with E-state index < -0.39 is 34.7 Å². The van der Waals surface area contributed by atoms with Crippen molar-refractivity contribution in [2.75, 3.05) is 19.9 Å². The Morgan fingerprint density at radius 1 is 1.27 bits per heavy atom. The first-order chi connectivity index (χ1) is 17.3. The lowest BCUT2D eigenvalue weighted by Crippen LogP contribution is -2.65. The van der Waals surface area contributed by atoms with E-state index in [1.807, 2.05) is 0 Å². The summed E-state index contributed by atoms with van der Waals surface area (Å²) in [5.41, 5.74) is 0.293. The highest BCUT2D eigenvalue weighted by Gasteiger charge is 2.68. The lowest BCUT2D eigenvalue weighted by atomic mass is 9.43. The number of carboxylic acids is 1. The van der Waals surface area contributed by atoms with Crippen LogP contribution in [0, 0.1) is 17.3 Å². The molecule has 3 N–H and O–H groups in total. The Kier molecular flexibility index (Phi) is 7.69. The Hall–Kier alpha value is -2.15. The van der Waals surface area contributed by atoms with Gasteiger partial charge in [-0.05, 0) is 68.5 Å². The number of benzene rings is 1. The number of carbonyl (C=O) groups excluding carboxylic acids is 1. The van der Waals surface area contributed by atoms with Crippen molar-refractivity contribution in [1.29, 1.82) is 0 Å². The topological polar surface area (TPSA) is 140 Å². The third kappa shape index (κ3) is 5.25. The summed E-state index contributed by atoms with van der Waals surface area (Å²) in [5, 5.41) is 12.6. The van der Waals surface area contributed by atoms with E-state index in [1.54, 1.807) is 12.1 Å². The number of para-hydroxylation sites is 1. The fourth-order valence-electron chi connectivity index (χ4n) is 6.48. The number of aromatic carboxylic acids is 1. The van der Waals surface area contributed by atoms with Gasteiger partial charge in [-0.15, -0.1) is 0 Å². The molecule has 0 radical (unpaired) electrons. The van der Waals surface area contributed by atoms with Gasteiger partial charge < -0.3 is 24.5 Å². The molecule has 1 aliphatic heterocycles. The number of carboxylic acid groups (broad SMARTS) is 1. The van der Waals surface area contributed by atoms with Crippen molar-refractivity contribution in [1.82, 2.24) is 10.0 Å². The molecule has 5 unspecified atom stereocenters. The summed E-state index contributed by atoms with van der Waals surface area (Å²) in [6.45, 7) is 6.63. The molecule has 4 fully saturated rings. The maximum atomic E-state index is 12.9. The highest BCUT2D eigenvalue weighted by atomic mass is 32.2. The van der Waals surface area contributed by atoms with Crippen LogP contribution in [0.3, 0.4) is 0 Å². The van der Waals surface area contributed by atoms with Crippen molar-refractivity contribution < 1.29 is 37.2 Å². The number of methoxy groups -OCH3 is 1. The van der Waals surface area contributed by atoms with Crippen molar-refractivity contribution in [3.63, 3.8) is 0 Å². The van der Waals surface area contributed by atoms with Crippen molar-refractivity contribution in [2.45, 2.75) is 70.5 Å². The molecule has 204 valence electrons. The Morgan fingerprint density at radius 2 is 2.00 bits per heavy atom. The summed E-state index contributed by atoms with van der Waals surface area (Å²) in [7, 11) is -1.41. The quantitative estimate of drug-likeness (QED) is 0.365. The molecule has 1 saturated heterocycles. The van der Waals surface area contributed by atoms with Gasteiger partial charge in [-0.1, -0.05) is 26.0 Å². The first kappa shape index (κ1) is 27.9. The number of ether oxygens (including phenoxy) is 1. The zero-order valence-electron chi connectivity index (χ0n) is 22.1. The molecule has 3 saturated carbocycles. The minimum Gasteiger partial charge on any atom is -0.496 e. The number of sulfonamides is 1. The van der Waals surface area contributed by atoms with E-state index in [-0.39, 0.29) is 53.8 Å². The van der Waals surface area contributed by atoms with Gasteiger partial charge >= 0.3 is 13.1 Å². The zero-order valence-corrected chi connectivity index (χ0v) is 22.9. The summed E-state index contributed by atoms with van der Waals surface area (Å²) < 4.78 is 44.2. The summed E-state index contributed by atoms with van der Waals surface area (Å²) in [6, 6.07) is 4.86. The third-order valence-corrected chi connectivity index (χ3v) is 10.2. The average molecular weight is 536 g/mol. The fraction of sp³-hybridized carbons (Fsp3) is 0.680. The lowest BCUT2D eigenvalue weighted by Gasteiger charge is -2.64. The van der Waals surface area contributed by atoms with Crippen LogP contribution in [-0.4, -0.2) is 70.1 Å². The predicted molar refractivity (Wildman–Crippen MR) is 138 cm³/mol. The van der Waals surface area contributed by atoms with Gasteiger partial charge in [-0.3, -0.25) is 4.79 Å². The predicted octanol–water partition coefficient (Wildman–Crippen LogP) is 2.02. The van der Waals surface area contributed by atoms with Crippen LogP contribution >= 0.6 is 0 Å². The minimum atomic E-state index is -3.42. The average Bonchev–Trinajstić information content (AvgIpc) is 3.20. The summed E-state index contributed by atoms with van der Waals surface area (Å²) >= 11 is 0. The van der Waals surface area contributed by atoms with Gasteiger partial charge in [0.2, 0.25) is 15.9 Å². The molecule has 3 aliphatic carbocycles. The molecule has 1 aromatic rings. The van der Waals surface area contributed by atoms with Crippen LogP contribution < -0.4 is 14.8 Å². The largest absolute Gasteiger partial charge is 0.496 e. The van der Waals surface area contributed by atoms with Gasteiger partial charge in [-0.25, -0.2) is 17.9 Å². The second-order valence-corrected chi connectivity index (χ2v) is 13.2. The zero-order chi connectivity index (χ0) is 27.2. The van der Waals surface area contributed by atoms with Crippen molar-refractivity contribution in [3.05, 3.63) is 29.3 Å².